The van der Waals surface area contributed by atoms with Gasteiger partial charge in [0.15, 0.2) is 5.60 Å². The van der Waals surface area contributed by atoms with Crippen molar-refractivity contribution < 1.29 is 5.11 Å². The van der Waals surface area contributed by atoms with Crippen LogP contribution in [0.1, 0.15) is 19.3 Å². The Bertz CT molecular complexity index is 209. The molecular weight excluding hydrogens is 128 g/mol. The van der Waals surface area contributed by atoms with Crippen LogP contribution < -0.4 is 0 Å². The summed E-state index contributed by atoms with van der Waals surface area (Å²) < 4.78 is 0. The zero-order valence-electron chi connectivity index (χ0n) is 5.54. The molecule has 10 heavy (non-hydrogen) atoms. The van der Waals surface area contributed by atoms with E-state index in [1.165, 1.54) is 0 Å². The maximum atomic E-state index is 9.38. The molecule has 3 nitrogen and oxygen atoms in total. The predicted molar refractivity (Wildman–Crippen MR) is 33.5 cm³/mol. The van der Waals surface area contributed by atoms with Gasteiger partial charge >= 0.3 is 0 Å². The van der Waals surface area contributed by atoms with Gasteiger partial charge in [0.25, 0.3) is 0 Å². The molecule has 0 aromatic rings. The summed E-state index contributed by atoms with van der Waals surface area (Å²) in [6.45, 7) is 0. The maximum Gasteiger partial charge on any atom is 0.166 e. The van der Waals surface area contributed by atoms with Crippen molar-refractivity contribution in [2.45, 2.75) is 24.9 Å². The Kier molecular flexibility index (Phi) is 1.61. The van der Waals surface area contributed by atoms with Crippen molar-refractivity contribution in [2.24, 2.45) is 5.92 Å². The van der Waals surface area contributed by atoms with Crippen LogP contribution in [0, 0.1) is 28.6 Å². The van der Waals surface area contributed by atoms with E-state index in [1.807, 2.05) is 6.07 Å². The molecule has 1 N–H and O–H groups in total. The predicted octanol–water partition coefficient (Wildman–Crippen LogP) is 0.565. The van der Waals surface area contributed by atoms with Gasteiger partial charge in [-0.1, -0.05) is 0 Å². The van der Waals surface area contributed by atoms with Crippen molar-refractivity contribution in [3.05, 3.63) is 0 Å². The van der Waals surface area contributed by atoms with Crippen LogP contribution >= 0.6 is 0 Å². The minimum atomic E-state index is -1.35. The van der Waals surface area contributed by atoms with Crippen LogP contribution in [0.4, 0.5) is 0 Å². The van der Waals surface area contributed by atoms with Gasteiger partial charge in [-0.3, -0.25) is 0 Å². The third-order valence-electron chi connectivity index (χ3n) is 1.79. The third-order valence-corrected chi connectivity index (χ3v) is 1.79. The highest BCUT2D eigenvalue weighted by atomic mass is 16.3. The maximum absolute atomic E-state index is 9.38. The summed E-state index contributed by atoms with van der Waals surface area (Å²) in [6, 6.07) is 3.58. The molecule has 1 atom stereocenters. The van der Waals surface area contributed by atoms with E-state index >= 15 is 0 Å². The molecule has 0 aromatic carbocycles. The van der Waals surface area contributed by atoms with Gasteiger partial charge in [0.1, 0.15) is 0 Å². The Labute approximate surface area is 59.5 Å². The zero-order valence-corrected chi connectivity index (χ0v) is 5.54. The van der Waals surface area contributed by atoms with Crippen molar-refractivity contribution in [2.75, 3.05) is 0 Å². The molecule has 0 amide bonds. The van der Waals surface area contributed by atoms with E-state index in [9.17, 15) is 5.11 Å². The second kappa shape index (κ2) is 2.28. The largest absolute Gasteiger partial charge is 0.374 e. The van der Waals surface area contributed by atoms with Gasteiger partial charge < -0.3 is 5.11 Å². The summed E-state index contributed by atoms with van der Waals surface area (Å²) in [5, 5.41) is 26.1. The van der Waals surface area contributed by atoms with E-state index < -0.39 is 5.60 Å². The molecule has 1 aliphatic rings. The fourth-order valence-electron chi connectivity index (χ4n) is 0.957. The lowest BCUT2D eigenvalue weighted by Gasteiger charge is -2.14. The van der Waals surface area contributed by atoms with Gasteiger partial charge in [0.05, 0.1) is 18.6 Å². The van der Waals surface area contributed by atoms with Crippen molar-refractivity contribution >= 4 is 0 Å². The van der Waals surface area contributed by atoms with E-state index in [1.54, 1.807) is 6.07 Å². The van der Waals surface area contributed by atoms with Crippen LogP contribution in [0.3, 0.4) is 0 Å². The van der Waals surface area contributed by atoms with E-state index in [0.717, 1.165) is 12.8 Å². The fraction of sp³-hybridized carbons (Fsp3) is 0.714. The van der Waals surface area contributed by atoms with Gasteiger partial charge in [-0.25, -0.2) is 0 Å². The summed E-state index contributed by atoms with van der Waals surface area (Å²) in [5.41, 5.74) is -1.35. The average molecular weight is 136 g/mol. The highest BCUT2D eigenvalue weighted by Crippen LogP contribution is 2.40. The van der Waals surface area contributed by atoms with Crippen molar-refractivity contribution in [1.29, 1.82) is 10.5 Å². The smallest absolute Gasteiger partial charge is 0.166 e. The summed E-state index contributed by atoms with van der Waals surface area (Å²) in [4.78, 5) is 0. The van der Waals surface area contributed by atoms with Crippen molar-refractivity contribution in [3.63, 3.8) is 0 Å². The lowest BCUT2D eigenvalue weighted by atomic mass is 9.97. The minimum absolute atomic E-state index is 0.0529. The molecule has 52 valence electrons. The first-order valence-electron chi connectivity index (χ1n) is 3.23. The summed E-state index contributed by atoms with van der Waals surface area (Å²) in [5.74, 6) is 0.0529. The molecular formula is C7H8N2O. The van der Waals surface area contributed by atoms with Gasteiger partial charge in [-0.2, -0.15) is 10.5 Å². The van der Waals surface area contributed by atoms with E-state index in [2.05, 4.69) is 0 Å². The molecule has 0 heterocycles. The summed E-state index contributed by atoms with van der Waals surface area (Å²) in [7, 11) is 0. The first-order chi connectivity index (χ1) is 4.73. The summed E-state index contributed by atoms with van der Waals surface area (Å²) in [6.07, 6.45) is 1.70. The number of hydrogen-bond acceptors (Lipinski definition) is 3. The van der Waals surface area contributed by atoms with Crippen LogP contribution in [-0.4, -0.2) is 10.7 Å². The van der Waals surface area contributed by atoms with E-state index in [-0.39, 0.29) is 12.3 Å². The summed E-state index contributed by atoms with van der Waals surface area (Å²) >= 11 is 0. The van der Waals surface area contributed by atoms with Crippen LogP contribution in [0.2, 0.25) is 0 Å². The number of rotatable bonds is 2. The zero-order chi connectivity index (χ0) is 7.61. The Morgan fingerprint density at radius 2 is 2.10 bits per heavy atom. The standard InChI is InChI=1S/C7H8N2O/c8-4-3-7(10,5-9)6-1-2-6/h6,10H,1-3H2. The first-order valence-corrected chi connectivity index (χ1v) is 3.23. The average Bonchev–Trinajstić information content (AvgIpc) is 2.69. The number of aliphatic hydroxyl groups is 1. The molecule has 1 saturated carbocycles. The highest BCUT2D eigenvalue weighted by Gasteiger charge is 2.43. The van der Waals surface area contributed by atoms with E-state index in [0.29, 0.717) is 0 Å². The molecule has 0 bridgehead atoms. The molecule has 3 heteroatoms. The fourth-order valence-corrected chi connectivity index (χ4v) is 0.957. The number of nitrogens with zero attached hydrogens (tertiary/aromatic N) is 2. The molecule has 1 aliphatic carbocycles. The molecule has 0 aliphatic heterocycles. The lowest BCUT2D eigenvalue weighted by Crippen LogP contribution is -2.28. The van der Waals surface area contributed by atoms with Crippen LogP contribution in [0.5, 0.6) is 0 Å². The Balaban J connectivity index is 2.60. The quantitative estimate of drug-likeness (QED) is 0.564. The monoisotopic (exact) mass is 136 g/mol. The van der Waals surface area contributed by atoms with Gasteiger partial charge in [-0.05, 0) is 12.8 Å². The second-order valence-electron chi connectivity index (χ2n) is 2.65. The Hall–Kier alpha value is -1.06. The van der Waals surface area contributed by atoms with Crippen molar-refractivity contribution in [3.8, 4) is 12.1 Å². The highest BCUT2D eigenvalue weighted by molar-refractivity contribution is 5.12. The van der Waals surface area contributed by atoms with E-state index in [4.69, 9.17) is 10.5 Å². The Morgan fingerprint density at radius 1 is 1.50 bits per heavy atom. The lowest BCUT2D eigenvalue weighted by molar-refractivity contribution is 0.0804. The SMILES string of the molecule is N#CCC(O)(C#N)C1CC1. The van der Waals surface area contributed by atoms with Gasteiger partial charge in [0, 0.05) is 5.92 Å². The molecule has 0 aromatic heterocycles. The number of hydrogen-bond donors (Lipinski definition) is 1. The second-order valence-corrected chi connectivity index (χ2v) is 2.65. The molecule has 0 radical (unpaired) electrons. The first kappa shape index (κ1) is 7.05. The number of nitriles is 2. The minimum Gasteiger partial charge on any atom is -0.374 e. The molecule has 1 unspecified atom stereocenters. The Morgan fingerprint density at radius 3 is 2.40 bits per heavy atom. The molecule has 0 saturated heterocycles. The van der Waals surface area contributed by atoms with Crippen LogP contribution in [0.15, 0.2) is 0 Å². The van der Waals surface area contributed by atoms with Crippen LogP contribution in [-0.2, 0) is 0 Å². The normalized spacial score (nSPS) is 22.3. The van der Waals surface area contributed by atoms with Crippen molar-refractivity contribution in [1.82, 2.24) is 0 Å². The molecule has 0 spiro atoms. The third kappa shape index (κ3) is 1.10. The van der Waals surface area contributed by atoms with Gasteiger partial charge in [-0.15, -0.1) is 0 Å². The van der Waals surface area contributed by atoms with Crippen LogP contribution in [0.25, 0.3) is 0 Å². The molecule has 1 rings (SSSR count). The molecule has 1 fully saturated rings. The van der Waals surface area contributed by atoms with Gasteiger partial charge in [0.2, 0.25) is 0 Å². The topological polar surface area (TPSA) is 67.8 Å².